The van der Waals surface area contributed by atoms with Crippen LogP contribution in [0.15, 0.2) is 41.2 Å². The summed E-state index contributed by atoms with van der Waals surface area (Å²) in [5.41, 5.74) is 4.79. The topological polar surface area (TPSA) is 137 Å². The van der Waals surface area contributed by atoms with Gasteiger partial charge in [-0.15, -0.1) is 0 Å². The van der Waals surface area contributed by atoms with E-state index in [2.05, 4.69) is 20.1 Å². The Morgan fingerprint density at radius 1 is 1.05 bits per heavy atom. The Morgan fingerprint density at radius 2 is 1.82 bits per heavy atom. The Labute approximate surface area is 254 Å². The SMILES string of the molecule is CC(=O)OCc1c(-c2cc(Nc3cc(C(C)(C)O)n(C)n3)c(=O)n(C)n2)cccc1N1CCn2c(cc3c2CCCC3)C1=O. The van der Waals surface area contributed by atoms with Crippen molar-refractivity contribution in [2.75, 3.05) is 16.8 Å². The van der Waals surface area contributed by atoms with Crippen molar-refractivity contribution >= 4 is 29.1 Å². The summed E-state index contributed by atoms with van der Waals surface area (Å²) in [6.07, 6.45) is 4.24. The third-order valence-electron chi connectivity index (χ3n) is 8.39. The van der Waals surface area contributed by atoms with Crippen LogP contribution in [0.1, 0.15) is 66.6 Å². The second-order valence-corrected chi connectivity index (χ2v) is 12.0. The summed E-state index contributed by atoms with van der Waals surface area (Å²) < 4.78 is 10.4. The molecule has 44 heavy (non-hydrogen) atoms. The molecule has 6 rings (SSSR count). The van der Waals surface area contributed by atoms with Crippen molar-refractivity contribution in [1.82, 2.24) is 24.1 Å². The van der Waals surface area contributed by atoms with E-state index in [0.29, 0.717) is 52.8 Å². The lowest BCUT2D eigenvalue weighted by Crippen LogP contribution is -2.41. The van der Waals surface area contributed by atoms with E-state index in [0.717, 1.165) is 25.7 Å². The quantitative estimate of drug-likeness (QED) is 0.308. The van der Waals surface area contributed by atoms with Gasteiger partial charge in [-0.2, -0.15) is 10.2 Å². The average Bonchev–Trinajstić information content (AvgIpc) is 3.55. The summed E-state index contributed by atoms with van der Waals surface area (Å²) in [5.74, 6) is -0.163. The molecule has 0 fully saturated rings. The van der Waals surface area contributed by atoms with Crippen molar-refractivity contribution in [3.05, 3.63) is 75.0 Å². The summed E-state index contributed by atoms with van der Waals surface area (Å²) in [5, 5.41) is 22.5. The second kappa shape index (κ2) is 11.1. The first-order chi connectivity index (χ1) is 20.9. The first-order valence-electron chi connectivity index (χ1n) is 14.8. The van der Waals surface area contributed by atoms with Crippen LogP contribution in [0.5, 0.6) is 0 Å². The molecule has 0 atom stereocenters. The van der Waals surface area contributed by atoms with Crippen LogP contribution in [0.3, 0.4) is 0 Å². The number of amides is 1. The monoisotopic (exact) mass is 599 g/mol. The van der Waals surface area contributed by atoms with E-state index in [4.69, 9.17) is 4.74 Å². The third kappa shape index (κ3) is 5.30. The smallest absolute Gasteiger partial charge is 0.302 e. The molecule has 12 nitrogen and oxygen atoms in total. The molecular weight excluding hydrogens is 562 g/mol. The van der Waals surface area contributed by atoms with Gasteiger partial charge in [0.2, 0.25) is 0 Å². The van der Waals surface area contributed by atoms with E-state index >= 15 is 0 Å². The molecule has 0 unspecified atom stereocenters. The van der Waals surface area contributed by atoms with Crippen molar-refractivity contribution in [3.8, 4) is 11.3 Å². The van der Waals surface area contributed by atoms with Crippen LogP contribution in [0, 0.1) is 0 Å². The van der Waals surface area contributed by atoms with E-state index in [-0.39, 0.29) is 23.8 Å². The summed E-state index contributed by atoms with van der Waals surface area (Å²) >= 11 is 0. The number of anilines is 3. The molecule has 2 aliphatic rings. The maximum atomic E-state index is 13.9. The number of ether oxygens (including phenoxy) is 1. The van der Waals surface area contributed by atoms with Crippen LogP contribution < -0.4 is 15.8 Å². The number of rotatable bonds is 7. The minimum atomic E-state index is -1.13. The number of esters is 1. The fourth-order valence-electron chi connectivity index (χ4n) is 6.33. The molecule has 4 heterocycles. The fourth-order valence-corrected chi connectivity index (χ4v) is 6.33. The molecule has 1 amide bonds. The van der Waals surface area contributed by atoms with Crippen LogP contribution in [-0.2, 0) is 55.2 Å². The maximum Gasteiger partial charge on any atom is 0.302 e. The van der Waals surface area contributed by atoms with Crippen LogP contribution in [0.4, 0.5) is 17.2 Å². The average molecular weight is 600 g/mol. The Morgan fingerprint density at radius 3 is 2.55 bits per heavy atom. The Balaban J connectivity index is 1.41. The third-order valence-corrected chi connectivity index (χ3v) is 8.39. The van der Waals surface area contributed by atoms with Gasteiger partial charge in [0.15, 0.2) is 5.82 Å². The molecule has 1 aliphatic carbocycles. The molecular formula is C32H37N7O5. The van der Waals surface area contributed by atoms with Gasteiger partial charge in [-0.1, -0.05) is 12.1 Å². The number of aliphatic hydroxyl groups is 1. The summed E-state index contributed by atoms with van der Waals surface area (Å²) in [6.45, 7) is 5.73. The van der Waals surface area contributed by atoms with Gasteiger partial charge < -0.3 is 24.6 Å². The van der Waals surface area contributed by atoms with Crippen molar-refractivity contribution < 1.29 is 19.4 Å². The van der Waals surface area contributed by atoms with Crippen LogP contribution in [-0.4, -0.2) is 47.7 Å². The van der Waals surface area contributed by atoms with Crippen LogP contribution >= 0.6 is 0 Å². The molecule has 12 heteroatoms. The summed E-state index contributed by atoms with van der Waals surface area (Å²) in [7, 11) is 3.27. The van der Waals surface area contributed by atoms with Crippen LogP contribution in [0.25, 0.3) is 11.3 Å². The standard InChI is InChI=1S/C32H37N7O5/c1-19(40)44-18-22-21(23-16-24(30(41)37(5)34-23)33-29-17-28(32(2,3)43)36(4)35-29)10-8-12-26(22)39-14-13-38-25-11-7-6-9-20(25)15-27(38)31(39)42/h8,10,12,15-17,43H,6-7,9,11,13-14,18H2,1-5H3,(H,33,35). The predicted octanol–water partition coefficient (Wildman–Crippen LogP) is 3.56. The van der Waals surface area contributed by atoms with Gasteiger partial charge >= 0.3 is 5.97 Å². The molecule has 3 aromatic heterocycles. The molecule has 1 aliphatic heterocycles. The lowest BCUT2D eigenvalue weighted by Gasteiger charge is -2.31. The second-order valence-electron chi connectivity index (χ2n) is 12.0. The molecule has 0 saturated heterocycles. The predicted molar refractivity (Wildman–Crippen MR) is 165 cm³/mol. The van der Waals surface area contributed by atoms with Gasteiger partial charge in [-0.3, -0.25) is 19.1 Å². The minimum absolute atomic E-state index is 0.0788. The number of nitrogens with one attached hydrogen (secondary N) is 1. The Bertz CT molecular complexity index is 1840. The molecule has 0 saturated carbocycles. The molecule has 1 aromatic carbocycles. The van der Waals surface area contributed by atoms with Crippen LogP contribution in [0.2, 0.25) is 0 Å². The van der Waals surface area contributed by atoms with Gasteiger partial charge in [-0.25, -0.2) is 4.68 Å². The molecule has 230 valence electrons. The number of hydrogen-bond donors (Lipinski definition) is 2. The van der Waals surface area contributed by atoms with Crippen molar-refractivity contribution in [1.29, 1.82) is 0 Å². The first-order valence-corrected chi connectivity index (χ1v) is 14.8. The maximum absolute atomic E-state index is 13.9. The van der Waals surface area contributed by atoms with Crippen molar-refractivity contribution in [3.63, 3.8) is 0 Å². The highest BCUT2D eigenvalue weighted by atomic mass is 16.5. The number of benzene rings is 1. The number of nitrogens with zero attached hydrogens (tertiary/aromatic N) is 6. The highest BCUT2D eigenvalue weighted by Gasteiger charge is 2.32. The van der Waals surface area contributed by atoms with E-state index in [1.807, 2.05) is 24.3 Å². The van der Waals surface area contributed by atoms with E-state index < -0.39 is 11.6 Å². The lowest BCUT2D eigenvalue weighted by molar-refractivity contribution is -0.142. The zero-order valence-corrected chi connectivity index (χ0v) is 25.7. The normalized spacial score (nSPS) is 14.8. The molecule has 4 aromatic rings. The van der Waals surface area contributed by atoms with Crippen molar-refractivity contribution in [2.45, 2.75) is 65.2 Å². The van der Waals surface area contributed by atoms with Gasteiger partial charge in [0.25, 0.3) is 11.5 Å². The number of hydrogen-bond acceptors (Lipinski definition) is 8. The number of aromatic nitrogens is 5. The van der Waals surface area contributed by atoms with E-state index in [9.17, 15) is 19.5 Å². The molecule has 2 N–H and O–H groups in total. The van der Waals surface area contributed by atoms with E-state index in [1.165, 1.54) is 22.9 Å². The highest BCUT2D eigenvalue weighted by Crippen LogP contribution is 2.36. The van der Waals surface area contributed by atoms with Crippen molar-refractivity contribution in [2.24, 2.45) is 14.1 Å². The van der Waals surface area contributed by atoms with Gasteiger partial charge in [-0.05, 0) is 63.3 Å². The summed E-state index contributed by atoms with van der Waals surface area (Å²) in [4.78, 5) is 40.8. The largest absolute Gasteiger partial charge is 0.461 e. The molecule has 0 bridgehead atoms. The minimum Gasteiger partial charge on any atom is -0.461 e. The number of carbonyl (C=O) groups is 2. The van der Waals surface area contributed by atoms with E-state index in [1.54, 1.807) is 49.7 Å². The Hall–Kier alpha value is -4.71. The zero-order valence-electron chi connectivity index (χ0n) is 25.7. The fraction of sp³-hybridized carbons (Fsp3) is 0.406. The van der Waals surface area contributed by atoms with Gasteiger partial charge in [0, 0.05) is 57.0 Å². The summed E-state index contributed by atoms with van der Waals surface area (Å²) in [6, 6.07) is 10.9. The number of fused-ring (bicyclic) bond motifs is 3. The Kier molecular flexibility index (Phi) is 7.40. The number of aryl methyl sites for hydroxylation is 3. The van der Waals surface area contributed by atoms with Gasteiger partial charge in [0.05, 0.1) is 17.1 Å². The molecule has 0 spiro atoms. The number of carbonyl (C=O) groups excluding carboxylic acids is 2. The highest BCUT2D eigenvalue weighted by molar-refractivity contribution is 6.07. The van der Waals surface area contributed by atoms with Gasteiger partial charge in [0.1, 0.15) is 23.6 Å². The zero-order chi connectivity index (χ0) is 31.3. The molecule has 0 radical (unpaired) electrons. The first kappa shape index (κ1) is 29.4. The lowest BCUT2D eigenvalue weighted by atomic mass is 9.98.